The normalized spacial score (nSPS) is 10.4. The van der Waals surface area contributed by atoms with Crippen molar-refractivity contribution in [2.45, 2.75) is 26.7 Å². The highest BCUT2D eigenvalue weighted by Crippen LogP contribution is 2.19. The van der Waals surface area contributed by atoms with Crippen LogP contribution in [0.1, 0.15) is 37.2 Å². The lowest BCUT2D eigenvalue weighted by molar-refractivity contribution is 0.0966. The van der Waals surface area contributed by atoms with Crippen LogP contribution in [0.4, 0.5) is 0 Å². The van der Waals surface area contributed by atoms with Crippen LogP contribution in [0.3, 0.4) is 0 Å². The van der Waals surface area contributed by atoms with Crippen LogP contribution in [0.15, 0.2) is 6.20 Å². The van der Waals surface area contributed by atoms with Crippen molar-refractivity contribution in [1.29, 1.82) is 0 Å². The zero-order chi connectivity index (χ0) is 12.8. The largest absolute Gasteiger partial charge is 0.480 e. The summed E-state index contributed by atoms with van der Waals surface area (Å²) in [5.41, 5.74) is 0.272. The average molecular weight is 238 g/mol. The van der Waals surface area contributed by atoms with Gasteiger partial charge in [-0.05, 0) is 12.3 Å². The van der Waals surface area contributed by atoms with Crippen molar-refractivity contribution >= 4 is 5.78 Å². The number of aromatic nitrogens is 2. The molecule has 1 aromatic heterocycles. The molecule has 0 saturated carbocycles. The Labute approximate surface area is 101 Å². The zero-order valence-corrected chi connectivity index (χ0v) is 10.7. The fraction of sp³-hybridized carbons (Fsp3) is 0.583. The second-order valence-electron chi connectivity index (χ2n) is 4.13. The molecule has 0 radical (unpaired) electrons. The standard InChI is InChI=1S/C12H18N2O3/c1-8(2)5-6-9(15)11-12(17-4)14-10(16-3)7-13-11/h7-8H,5-6H2,1-4H3. The maximum Gasteiger partial charge on any atom is 0.246 e. The summed E-state index contributed by atoms with van der Waals surface area (Å²) in [5.74, 6) is 0.988. The van der Waals surface area contributed by atoms with Gasteiger partial charge >= 0.3 is 0 Å². The van der Waals surface area contributed by atoms with Crippen LogP contribution in [0.5, 0.6) is 11.8 Å². The van der Waals surface area contributed by atoms with Crippen molar-refractivity contribution in [1.82, 2.24) is 9.97 Å². The van der Waals surface area contributed by atoms with Gasteiger partial charge in [0.1, 0.15) is 0 Å². The number of hydrogen-bond donors (Lipinski definition) is 0. The van der Waals surface area contributed by atoms with E-state index in [0.717, 1.165) is 6.42 Å². The van der Waals surface area contributed by atoms with Crippen LogP contribution in [0.25, 0.3) is 0 Å². The highest BCUT2D eigenvalue weighted by Gasteiger charge is 2.16. The number of hydrogen-bond acceptors (Lipinski definition) is 5. The fourth-order valence-electron chi connectivity index (χ4n) is 1.33. The molecule has 5 heteroatoms. The molecule has 0 unspecified atom stereocenters. The Morgan fingerprint density at radius 3 is 2.59 bits per heavy atom. The van der Waals surface area contributed by atoms with Crippen molar-refractivity contribution in [3.63, 3.8) is 0 Å². The first-order valence-corrected chi connectivity index (χ1v) is 5.56. The molecule has 0 aliphatic rings. The SMILES string of the molecule is COc1cnc(C(=O)CCC(C)C)c(OC)n1. The van der Waals surface area contributed by atoms with E-state index in [4.69, 9.17) is 9.47 Å². The molecular weight excluding hydrogens is 220 g/mol. The molecule has 0 fully saturated rings. The van der Waals surface area contributed by atoms with Crippen LogP contribution in [-0.4, -0.2) is 30.0 Å². The number of carbonyl (C=O) groups is 1. The van der Waals surface area contributed by atoms with Gasteiger partial charge in [0.2, 0.25) is 11.8 Å². The lowest BCUT2D eigenvalue weighted by atomic mass is 10.0. The Morgan fingerprint density at radius 2 is 2.06 bits per heavy atom. The van der Waals surface area contributed by atoms with Gasteiger partial charge < -0.3 is 9.47 Å². The summed E-state index contributed by atoms with van der Waals surface area (Å²) in [6, 6.07) is 0. The molecule has 0 aromatic carbocycles. The molecule has 0 amide bonds. The minimum atomic E-state index is -0.0503. The quantitative estimate of drug-likeness (QED) is 0.710. The summed E-state index contributed by atoms with van der Waals surface area (Å²) in [7, 11) is 2.95. The number of carbonyl (C=O) groups excluding carboxylic acids is 1. The van der Waals surface area contributed by atoms with Gasteiger partial charge in [0, 0.05) is 6.42 Å². The molecule has 1 aromatic rings. The molecule has 0 atom stereocenters. The van der Waals surface area contributed by atoms with Crippen molar-refractivity contribution in [3.8, 4) is 11.8 Å². The zero-order valence-electron chi connectivity index (χ0n) is 10.7. The predicted molar refractivity (Wildman–Crippen MR) is 63.5 cm³/mol. The molecule has 0 aliphatic heterocycles. The van der Waals surface area contributed by atoms with E-state index in [2.05, 4.69) is 23.8 Å². The third-order valence-corrected chi connectivity index (χ3v) is 2.33. The molecule has 5 nitrogen and oxygen atoms in total. The maximum absolute atomic E-state index is 11.9. The molecule has 0 bridgehead atoms. The summed E-state index contributed by atoms with van der Waals surface area (Å²) >= 11 is 0. The van der Waals surface area contributed by atoms with Gasteiger partial charge in [0.15, 0.2) is 11.5 Å². The van der Waals surface area contributed by atoms with Crippen LogP contribution in [0, 0.1) is 5.92 Å². The highest BCUT2D eigenvalue weighted by molar-refractivity contribution is 5.96. The van der Waals surface area contributed by atoms with Gasteiger partial charge in [-0.1, -0.05) is 13.8 Å². The van der Waals surface area contributed by atoms with E-state index in [-0.39, 0.29) is 17.4 Å². The summed E-state index contributed by atoms with van der Waals surface area (Å²) in [6.45, 7) is 4.15. The Balaban J connectivity index is 2.85. The van der Waals surface area contributed by atoms with Crippen molar-refractivity contribution in [2.24, 2.45) is 5.92 Å². The lowest BCUT2D eigenvalue weighted by Crippen LogP contribution is -2.08. The maximum atomic E-state index is 11.9. The third-order valence-electron chi connectivity index (χ3n) is 2.33. The monoisotopic (exact) mass is 238 g/mol. The van der Waals surface area contributed by atoms with Crippen LogP contribution >= 0.6 is 0 Å². The highest BCUT2D eigenvalue weighted by atomic mass is 16.5. The Morgan fingerprint density at radius 1 is 1.35 bits per heavy atom. The van der Waals surface area contributed by atoms with E-state index >= 15 is 0 Å². The number of rotatable bonds is 6. The van der Waals surface area contributed by atoms with Gasteiger partial charge in [-0.15, -0.1) is 0 Å². The number of nitrogens with zero attached hydrogens (tertiary/aromatic N) is 2. The molecule has 0 saturated heterocycles. The van der Waals surface area contributed by atoms with E-state index in [1.54, 1.807) is 0 Å². The molecule has 94 valence electrons. The van der Waals surface area contributed by atoms with Gasteiger partial charge in [0.25, 0.3) is 0 Å². The summed E-state index contributed by atoms with van der Waals surface area (Å²) in [4.78, 5) is 20.0. The fourth-order valence-corrected chi connectivity index (χ4v) is 1.33. The Kier molecular flexibility index (Phi) is 4.87. The van der Waals surface area contributed by atoms with E-state index in [9.17, 15) is 4.79 Å². The van der Waals surface area contributed by atoms with Crippen molar-refractivity contribution in [2.75, 3.05) is 14.2 Å². The van der Waals surface area contributed by atoms with E-state index in [1.165, 1.54) is 20.4 Å². The van der Waals surface area contributed by atoms with Crippen LogP contribution in [-0.2, 0) is 0 Å². The minimum absolute atomic E-state index is 0.0503. The molecule has 1 heterocycles. The number of ketones is 1. The molecule has 0 spiro atoms. The number of methoxy groups -OCH3 is 2. The van der Waals surface area contributed by atoms with Gasteiger partial charge in [-0.3, -0.25) is 4.79 Å². The van der Waals surface area contributed by atoms with E-state index in [0.29, 0.717) is 18.2 Å². The first-order valence-electron chi connectivity index (χ1n) is 5.56. The van der Waals surface area contributed by atoms with E-state index < -0.39 is 0 Å². The third kappa shape index (κ3) is 3.69. The minimum Gasteiger partial charge on any atom is -0.480 e. The van der Waals surface area contributed by atoms with Gasteiger partial charge in [-0.2, -0.15) is 4.98 Å². The first-order chi connectivity index (χ1) is 8.08. The number of ether oxygens (including phenoxy) is 2. The summed E-state index contributed by atoms with van der Waals surface area (Å²) in [5, 5.41) is 0. The van der Waals surface area contributed by atoms with Crippen molar-refractivity contribution in [3.05, 3.63) is 11.9 Å². The van der Waals surface area contributed by atoms with Gasteiger partial charge in [0.05, 0.1) is 20.4 Å². The lowest BCUT2D eigenvalue weighted by Gasteiger charge is -2.08. The molecule has 0 aliphatic carbocycles. The summed E-state index contributed by atoms with van der Waals surface area (Å²) < 4.78 is 9.97. The topological polar surface area (TPSA) is 61.3 Å². The van der Waals surface area contributed by atoms with Crippen molar-refractivity contribution < 1.29 is 14.3 Å². The second kappa shape index (κ2) is 6.18. The van der Waals surface area contributed by atoms with Crippen LogP contribution < -0.4 is 9.47 Å². The molecule has 1 rings (SSSR count). The smallest absolute Gasteiger partial charge is 0.246 e. The summed E-state index contributed by atoms with van der Waals surface area (Å²) in [6.07, 6.45) is 2.70. The second-order valence-corrected chi connectivity index (χ2v) is 4.13. The first kappa shape index (κ1) is 13.4. The molecule has 17 heavy (non-hydrogen) atoms. The predicted octanol–water partition coefficient (Wildman–Crippen LogP) is 2.11. The Hall–Kier alpha value is -1.65. The molecule has 0 N–H and O–H groups in total. The molecular formula is C12H18N2O3. The average Bonchev–Trinajstić information content (AvgIpc) is 2.34. The van der Waals surface area contributed by atoms with Crippen LogP contribution in [0.2, 0.25) is 0 Å². The van der Waals surface area contributed by atoms with Gasteiger partial charge in [-0.25, -0.2) is 4.98 Å². The van der Waals surface area contributed by atoms with E-state index in [1.807, 2.05) is 0 Å². The Bertz CT molecular complexity index is 391. The number of Topliss-reactive ketones (excluding diaryl/α,β-unsaturated/α-hetero) is 1.